The molecule has 0 radical (unpaired) electrons. The van der Waals surface area contributed by atoms with Crippen molar-refractivity contribution < 1.29 is 4.79 Å². The lowest BCUT2D eigenvalue weighted by Crippen LogP contribution is -2.34. The van der Waals surface area contributed by atoms with Crippen LogP contribution in [0.3, 0.4) is 0 Å². The summed E-state index contributed by atoms with van der Waals surface area (Å²) in [7, 11) is 0. The molecule has 2 nitrogen and oxygen atoms in total. The van der Waals surface area contributed by atoms with E-state index in [1.807, 2.05) is 0 Å². The Bertz CT molecular complexity index is 476. The Balaban J connectivity index is 1.51. The predicted molar refractivity (Wildman–Crippen MR) is 86.6 cm³/mol. The molecule has 1 aromatic rings. The predicted octanol–water partition coefficient (Wildman–Crippen LogP) is 3.99. The average molecular weight is 285 g/mol. The van der Waals surface area contributed by atoms with Crippen molar-refractivity contribution in [1.29, 1.82) is 0 Å². The zero-order valence-electron chi connectivity index (χ0n) is 12.9. The fraction of sp³-hybridized carbons (Fsp3) is 0.632. The first-order chi connectivity index (χ1) is 10.3. The fourth-order valence-electron chi connectivity index (χ4n) is 3.95. The maximum absolute atomic E-state index is 12.3. The minimum absolute atomic E-state index is 0.462. The summed E-state index contributed by atoms with van der Waals surface area (Å²) in [6.45, 7) is 1.13. The number of rotatable bonds is 5. The van der Waals surface area contributed by atoms with E-state index in [2.05, 4.69) is 29.6 Å². The van der Waals surface area contributed by atoms with Crippen LogP contribution >= 0.6 is 0 Å². The van der Waals surface area contributed by atoms with Gasteiger partial charge in [-0.1, -0.05) is 30.7 Å². The van der Waals surface area contributed by atoms with Gasteiger partial charge in [-0.2, -0.15) is 0 Å². The van der Waals surface area contributed by atoms with Gasteiger partial charge in [0.1, 0.15) is 5.78 Å². The molecule has 2 unspecified atom stereocenters. The van der Waals surface area contributed by atoms with Crippen LogP contribution in [-0.4, -0.2) is 18.4 Å². The number of carbonyl (C=O) groups excluding carboxylic acids is 1. The van der Waals surface area contributed by atoms with Crippen LogP contribution in [-0.2, 0) is 11.2 Å². The highest BCUT2D eigenvalue weighted by Crippen LogP contribution is 2.34. The zero-order chi connectivity index (χ0) is 14.5. The van der Waals surface area contributed by atoms with Crippen LogP contribution in [0.2, 0.25) is 0 Å². The van der Waals surface area contributed by atoms with Gasteiger partial charge in [0.05, 0.1) is 0 Å². The molecule has 21 heavy (non-hydrogen) atoms. The summed E-state index contributed by atoms with van der Waals surface area (Å²) in [6.07, 6.45) is 10.0. The lowest BCUT2D eigenvalue weighted by atomic mass is 9.80. The maximum atomic E-state index is 12.3. The van der Waals surface area contributed by atoms with E-state index < -0.39 is 0 Å². The minimum Gasteiger partial charge on any atom is -0.314 e. The van der Waals surface area contributed by atoms with Gasteiger partial charge in [-0.15, -0.1) is 0 Å². The Hall–Kier alpha value is -1.15. The summed E-state index contributed by atoms with van der Waals surface area (Å²) in [5.41, 5.74) is 2.91. The number of nitrogens with one attached hydrogen (secondary N) is 1. The molecule has 1 fully saturated rings. The first kappa shape index (κ1) is 14.8. The van der Waals surface area contributed by atoms with Gasteiger partial charge in [0, 0.05) is 18.9 Å². The molecule has 1 aromatic carbocycles. The molecular weight excluding hydrogens is 258 g/mol. The van der Waals surface area contributed by atoms with Crippen LogP contribution in [0.1, 0.15) is 68.4 Å². The number of carbonyl (C=O) groups is 1. The topological polar surface area (TPSA) is 29.1 Å². The van der Waals surface area contributed by atoms with Crippen LogP contribution < -0.4 is 5.32 Å². The smallest absolute Gasteiger partial charge is 0.133 e. The number of fused-ring (bicyclic) bond motifs is 1. The lowest BCUT2D eigenvalue weighted by molar-refractivity contribution is -0.119. The number of hydrogen-bond donors (Lipinski definition) is 1. The first-order valence-electron chi connectivity index (χ1n) is 8.66. The number of hydrogen-bond acceptors (Lipinski definition) is 2. The molecule has 1 heterocycles. The molecule has 0 amide bonds. The standard InChI is InChI=1S/C19H27NO/c21-18(12-11-17-9-3-4-13-20-17)14-16-8-5-7-15-6-1-2-10-19(15)16/h1-2,6,10,16-17,20H,3-5,7-9,11-14H2. The molecule has 0 spiro atoms. The largest absolute Gasteiger partial charge is 0.314 e. The molecule has 1 aliphatic carbocycles. The van der Waals surface area contributed by atoms with Crippen molar-refractivity contribution in [2.45, 2.75) is 69.7 Å². The van der Waals surface area contributed by atoms with Crippen molar-refractivity contribution in [3.63, 3.8) is 0 Å². The van der Waals surface area contributed by atoms with Crippen LogP contribution in [0, 0.1) is 0 Å². The summed E-state index contributed by atoms with van der Waals surface area (Å²) in [6, 6.07) is 9.29. The van der Waals surface area contributed by atoms with Crippen molar-refractivity contribution in [1.82, 2.24) is 5.32 Å². The first-order valence-corrected chi connectivity index (χ1v) is 8.66. The van der Waals surface area contributed by atoms with E-state index in [0.29, 0.717) is 17.7 Å². The molecule has 1 aliphatic heterocycles. The molecular formula is C19H27NO. The van der Waals surface area contributed by atoms with Crippen LogP contribution in [0.15, 0.2) is 24.3 Å². The Labute approximate surface area is 128 Å². The van der Waals surface area contributed by atoms with E-state index in [-0.39, 0.29) is 0 Å². The van der Waals surface area contributed by atoms with Crippen molar-refractivity contribution in [3.8, 4) is 0 Å². The summed E-state index contributed by atoms with van der Waals surface area (Å²) in [5, 5.41) is 3.54. The second-order valence-corrected chi connectivity index (χ2v) is 6.72. The number of piperidine rings is 1. The van der Waals surface area contributed by atoms with Crippen molar-refractivity contribution >= 4 is 5.78 Å². The summed E-state index contributed by atoms with van der Waals surface area (Å²) < 4.78 is 0. The molecule has 0 saturated carbocycles. The molecule has 0 aromatic heterocycles. The van der Waals surface area contributed by atoms with E-state index in [9.17, 15) is 4.79 Å². The van der Waals surface area contributed by atoms with Gasteiger partial charge in [-0.3, -0.25) is 4.79 Å². The molecule has 114 valence electrons. The Morgan fingerprint density at radius 1 is 1.14 bits per heavy atom. The van der Waals surface area contributed by atoms with Crippen molar-refractivity contribution in [3.05, 3.63) is 35.4 Å². The van der Waals surface area contributed by atoms with Gasteiger partial charge in [0.25, 0.3) is 0 Å². The van der Waals surface area contributed by atoms with E-state index in [1.165, 1.54) is 49.7 Å². The SMILES string of the molecule is O=C(CCC1CCCCN1)CC1CCCc2ccccc21. The van der Waals surface area contributed by atoms with E-state index in [4.69, 9.17) is 0 Å². The highest BCUT2D eigenvalue weighted by atomic mass is 16.1. The maximum Gasteiger partial charge on any atom is 0.133 e. The van der Waals surface area contributed by atoms with Crippen LogP contribution in [0.5, 0.6) is 0 Å². The quantitative estimate of drug-likeness (QED) is 0.886. The zero-order valence-corrected chi connectivity index (χ0v) is 12.9. The van der Waals surface area contributed by atoms with Gasteiger partial charge in [0.2, 0.25) is 0 Å². The number of aryl methyl sites for hydroxylation is 1. The van der Waals surface area contributed by atoms with E-state index in [1.54, 1.807) is 0 Å². The third-order valence-corrected chi connectivity index (χ3v) is 5.15. The second kappa shape index (κ2) is 7.22. The number of ketones is 1. The van der Waals surface area contributed by atoms with Crippen molar-refractivity contribution in [2.24, 2.45) is 0 Å². The Kier molecular flexibility index (Phi) is 5.08. The highest BCUT2D eigenvalue weighted by molar-refractivity contribution is 5.79. The van der Waals surface area contributed by atoms with Crippen LogP contribution in [0.25, 0.3) is 0 Å². The number of Topliss-reactive ketones (excluding diaryl/α,β-unsaturated/α-hetero) is 1. The molecule has 2 atom stereocenters. The summed E-state index contributed by atoms with van der Waals surface area (Å²) >= 11 is 0. The lowest BCUT2D eigenvalue weighted by Gasteiger charge is -2.26. The normalized spacial score (nSPS) is 25.3. The van der Waals surface area contributed by atoms with E-state index >= 15 is 0 Å². The van der Waals surface area contributed by atoms with Crippen molar-refractivity contribution in [2.75, 3.05) is 6.54 Å². The highest BCUT2D eigenvalue weighted by Gasteiger charge is 2.22. The van der Waals surface area contributed by atoms with E-state index in [0.717, 1.165) is 25.8 Å². The van der Waals surface area contributed by atoms with Gasteiger partial charge in [-0.05, 0) is 62.1 Å². The summed E-state index contributed by atoms with van der Waals surface area (Å²) in [4.78, 5) is 12.3. The van der Waals surface area contributed by atoms with Gasteiger partial charge in [0.15, 0.2) is 0 Å². The third kappa shape index (κ3) is 3.94. The van der Waals surface area contributed by atoms with Gasteiger partial charge < -0.3 is 5.32 Å². The number of benzene rings is 1. The average Bonchev–Trinajstić information content (AvgIpc) is 2.54. The Morgan fingerprint density at radius 3 is 2.90 bits per heavy atom. The summed E-state index contributed by atoms with van der Waals surface area (Å²) in [5.74, 6) is 0.936. The minimum atomic E-state index is 0.462. The van der Waals surface area contributed by atoms with Gasteiger partial charge in [-0.25, -0.2) is 0 Å². The fourth-order valence-corrected chi connectivity index (χ4v) is 3.95. The molecule has 2 aliphatic rings. The third-order valence-electron chi connectivity index (χ3n) is 5.15. The second-order valence-electron chi connectivity index (χ2n) is 6.72. The molecule has 3 rings (SSSR count). The molecule has 0 bridgehead atoms. The molecule has 1 saturated heterocycles. The van der Waals surface area contributed by atoms with Gasteiger partial charge >= 0.3 is 0 Å². The molecule has 1 N–H and O–H groups in total. The molecule has 2 heteroatoms. The monoisotopic (exact) mass is 285 g/mol. The van der Waals surface area contributed by atoms with Crippen LogP contribution in [0.4, 0.5) is 0 Å². The Morgan fingerprint density at radius 2 is 2.05 bits per heavy atom.